The molecule has 0 aromatic heterocycles. The molecule has 0 aliphatic heterocycles. The van der Waals surface area contributed by atoms with Gasteiger partial charge in [0.05, 0.1) is 0 Å². The Bertz CT molecular complexity index is 182. The number of hydrogen-bond acceptors (Lipinski definition) is 1. The monoisotopic (exact) mass is 140 g/mol. The molecule has 0 aromatic rings. The predicted molar refractivity (Wildman–Crippen MR) is 38.7 cm³/mol. The minimum Gasteiger partial charge on any atom is -0.478 e. The van der Waals surface area contributed by atoms with E-state index in [0.717, 1.165) is 6.42 Å². The van der Waals surface area contributed by atoms with Crippen LogP contribution in [0.5, 0.6) is 0 Å². The number of hydrogen-bond donors (Lipinski definition) is 1. The lowest BCUT2D eigenvalue weighted by Crippen LogP contribution is -2.00. The van der Waals surface area contributed by atoms with Crippen LogP contribution in [0.2, 0.25) is 0 Å². The number of carbonyl (C=O) groups is 1. The highest BCUT2D eigenvalue weighted by molar-refractivity contribution is 5.87. The molecule has 0 amide bonds. The molecule has 0 fully saturated rings. The molecule has 56 valence electrons. The molecular formula is C8H12O2. The van der Waals surface area contributed by atoms with Crippen molar-refractivity contribution in [3.63, 3.8) is 0 Å². The first-order valence-electron chi connectivity index (χ1n) is 3.55. The quantitative estimate of drug-likeness (QED) is 0.601. The largest absolute Gasteiger partial charge is 0.478 e. The SMILES string of the molecule is CC1C=C(C(=O)O)CC1C. The second-order valence-corrected chi connectivity index (χ2v) is 3.04. The van der Waals surface area contributed by atoms with Gasteiger partial charge in [-0.1, -0.05) is 19.9 Å². The van der Waals surface area contributed by atoms with Crippen molar-refractivity contribution >= 4 is 5.97 Å². The smallest absolute Gasteiger partial charge is 0.331 e. The van der Waals surface area contributed by atoms with E-state index in [1.807, 2.05) is 6.08 Å². The fourth-order valence-electron chi connectivity index (χ4n) is 1.24. The summed E-state index contributed by atoms with van der Waals surface area (Å²) in [5.41, 5.74) is 0.583. The van der Waals surface area contributed by atoms with Crippen LogP contribution in [0.15, 0.2) is 11.6 Å². The third-order valence-electron chi connectivity index (χ3n) is 2.18. The normalized spacial score (nSPS) is 32.0. The molecule has 1 rings (SSSR count). The van der Waals surface area contributed by atoms with Crippen LogP contribution < -0.4 is 0 Å². The second kappa shape index (κ2) is 2.45. The number of rotatable bonds is 1. The van der Waals surface area contributed by atoms with Gasteiger partial charge >= 0.3 is 5.97 Å². The van der Waals surface area contributed by atoms with Crippen molar-refractivity contribution in [2.75, 3.05) is 0 Å². The zero-order valence-corrected chi connectivity index (χ0v) is 6.29. The molecule has 0 spiro atoms. The Kier molecular flexibility index (Phi) is 1.79. The van der Waals surface area contributed by atoms with Crippen molar-refractivity contribution < 1.29 is 9.90 Å². The average Bonchev–Trinajstić information content (AvgIpc) is 2.13. The highest BCUT2D eigenvalue weighted by atomic mass is 16.4. The van der Waals surface area contributed by atoms with Gasteiger partial charge < -0.3 is 5.11 Å². The molecule has 2 unspecified atom stereocenters. The van der Waals surface area contributed by atoms with Crippen LogP contribution in [0, 0.1) is 11.8 Å². The molecule has 2 atom stereocenters. The summed E-state index contributed by atoms with van der Waals surface area (Å²) in [5.74, 6) is 0.188. The van der Waals surface area contributed by atoms with E-state index in [-0.39, 0.29) is 0 Å². The predicted octanol–water partition coefficient (Wildman–Crippen LogP) is 1.67. The maximum atomic E-state index is 10.4. The summed E-state index contributed by atoms with van der Waals surface area (Å²) in [7, 11) is 0. The van der Waals surface area contributed by atoms with Gasteiger partial charge in [-0.3, -0.25) is 0 Å². The Morgan fingerprint density at radius 2 is 2.30 bits per heavy atom. The average molecular weight is 140 g/mol. The molecule has 2 nitrogen and oxygen atoms in total. The van der Waals surface area contributed by atoms with Gasteiger partial charge in [-0.25, -0.2) is 4.79 Å². The van der Waals surface area contributed by atoms with Gasteiger partial charge in [0.25, 0.3) is 0 Å². The Morgan fingerprint density at radius 1 is 1.70 bits per heavy atom. The van der Waals surface area contributed by atoms with Crippen molar-refractivity contribution in [2.45, 2.75) is 20.3 Å². The second-order valence-electron chi connectivity index (χ2n) is 3.04. The molecule has 0 radical (unpaired) electrons. The van der Waals surface area contributed by atoms with E-state index in [9.17, 15) is 4.79 Å². The summed E-state index contributed by atoms with van der Waals surface area (Å²) >= 11 is 0. The zero-order valence-electron chi connectivity index (χ0n) is 6.29. The highest BCUT2D eigenvalue weighted by Gasteiger charge is 2.23. The van der Waals surface area contributed by atoms with Crippen molar-refractivity contribution in [1.29, 1.82) is 0 Å². The van der Waals surface area contributed by atoms with E-state index < -0.39 is 5.97 Å². The molecular weight excluding hydrogens is 128 g/mol. The molecule has 0 heterocycles. The summed E-state index contributed by atoms with van der Waals surface area (Å²) < 4.78 is 0. The van der Waals surface area contributed by atoms with Gasteiger partial charge in [-0.15, -0.1) is 0 Å². The van der Waals surface area contributed by atoms with Gasteiger partial charge in [0.1, 0.15) is 0 Å². The van der Waals surface area contributed by atoms with Gasteiger partial charge in [0.15, 0.2) is 0 Å². The molecule has 2 heteroatoms. The maximum absolute atomic E-state index is 10.4. The lowest BCUT2D eigenvalue weighted by Gasteiger charge is -2.05. The Morgan fingerprint density at radius 3 is 2.50 bits per heavy atom. The van der Waals surface area contributed by atoms with E-state index in [2.05, 4.69) is 13.8 Å². The fourth-order valence-corrected chi connectivity index (χ4v) is 1.24. The fraction of sp³-hybridized carbons (Fsp3) is 0.625. The van der Waals surface area contributed by atoms with Gasteiger partial charge in [0, 0.05) is 5.57 Å². The van der Waals surface area contributed by atoms with Gasteiger partial charge in [-0.05, 0) is 18.3 Å². The molecule has 0 aromatic carbocycles. The highest BCUT2D eigenvalue weighted by Crippen LogP contribution is 2.29. The third kappa shape index (κ3) is 1.20. The summed E-state index contributed by atoms with van der Waals surface area (Å²) in [4.78, 5) is 10.4. The number of carboxylic acids is 1. The molecule has 10 heavy (non-hydrogen) atoms. The first-order valence-corrected chi connectivity index (χ1v) is 3.55. The summed E-state index contributed by atoms with van der Waals surface area (Å²) in [6.45, 7) is 4.14. The minimum absolute atomic E-state index is 0.436. The number of aliphatic carboxylic acids is 1. The molecule has 1 N–H and O–H groups in total. The van der Waals surface area contributed by atoms with Crippen LogP contribution >= 0.6 is 0 Å². The Balaban J connectivity index is 2.67. The zero-order chi connectivity index (χ0) is 7.72. The van der Waals surface area contributed by atoms with Gasteiger partial charge in [-0.2, -0.15) is 0 Å². The Labute approximate surface area is 60.6 Å². The molecule has 0 saturated carbocycles. The third-order valence-corrected chi connectivity index (χ3v) is 2.18. The van der Waals surface area contributed by atoms with E-state index in [1.54, 1.807) is 0 Å². The van der Waals surface area contributed by atoms with E-state index >= 15 is 0 Å². The maximum Gasteiger partial charge on any atom is 0.331 e. The summed E-state index contributed by atoms with van der Waals surface area (Å²) in [5, 5.41) is 8.58. The van der Waals surface area contributed by atoms with E-state index in [4.69, 9.17) is 5.11 Å². The van der Waals surface area contributed by atoms with E-state index in [0.29, 0.717) is 17.4 Å². The van der Waals surface area contributed by atoms with Crippen molar-refractivity contribution in [2.24, 2.45) is 11.8 Å². The van der Waals surface area contributed by atoms with Crippen LogP contribution in [0.4, 0.5) is 0 Å². The van der Waals surface area contributed by atoms with Crippen LogP contribution in [-0.2, 0) is 4.79 Å². The lowest BCUT2D eigenvalue weighted by molar-refractivity contribution is -0.132. The van der Waals surface area contributed by atoms with Crippen LogP contribution in [0.3, 0.4) is 0 Å². The minimum atomic E-state index is -0.754. The summed E-state index contributed by atoms with van der Waals surface area (Å²) in [6.07, 6.45) is 2.59. The topological polar surface area (TPSA) is 37.3 Å². The Hall–Kier alpha value is -0.790. The van der Waals surface area contributed by atoms with Crippen molar-refractivity contribution in [1.82, 2.24) is 0 Å². The summed E-state index contributed by atoms with van der Waals surface area (Å²) in [6, 6.07) is 0. The van der Waals surface area contributed by atoms with Crippen LogP contribution in [0.1, 0.15) is 20.3 Å². The molecule has 0 bridgehead atoms. The van der Waals surface area contributed by atoms with Crippen LogP contribution in [0.25, 0.3) is 0 Å². The van der Waals surface area contributed by atoms with Gasteiger partial charge in [0.2, 0.25) is 0 Å². The first-order chi connectivity index (χ1) is 4.61. The van der Waals surface area contributed by atoms with Crippen molar-refractivity contribution in [3.8, 4) is 0 Å². The lowest BCUT2D eigenvalue weighted by atomic mass is 10.00. The molecule has 1 aliphatic rings. The number of allylic oxidation sites excluding steroid dienone is 1. The molecule has 0 saturated heterocycles. The first kappa shape index (κ1) is 7.32. The van der Waals surface area contributed by atoms with E-state index in [1.165, 1.54) is 0 Å². The van der Waals surface area contributed by atoms with Crippen molar-refractivity contribution in [3.05, 3.63) is 11.6 Å². The van der Waals surface area contributed by atoms with Crippen LogP contribution in [-0.4, -0.2) is 11.1 Å². The molecule has 1 aliphatic carbocycles. The standard InChI is InChI=1S/C8H12O2/c1-5-3-7(8(9)10)4-6(5)2/h3,5-6H,4H2,1-2H3,(H,9,10). The number of carboxylic acid groups (broad SMARTS) is 1.